The number of hydrogen-bond donors (Lipinski definition) is 0. The Morgan fingerprint density at radius 1 is 1.30 bits per heavy atom. The Morgan fingerprint density at radius 3 is 2.30 bits per heavy atom. The Balaban J connectivity index is 3.10. The van der Waals surface area contributed by atoms with Gasteiger partial charge >= 0.3 is 5.97 Å². The van der Waals surface area contributed by atoms with E-state index in [1.54, 1.807) is 11.3 Å². The van der Waals surface area contributed by atoms with Crippen molar-refractivity contribution in [3.05, 3.63) is 22.4 Å². The van der Waals surface area contributed by atoms with E-state index >= 15 is 0 Å². The molecule has 0 aliphatic carbocycles. The van der Waals surface area contributed by atoms with Crippen molar-refractivity contribution in [2.24, 2.45) is 0 Å². The standard InChI is InChI=1S/C15H26O3SSi/c1-14(2,3)20(6,7)18-15(4,11-13(16)17-5)12-9-8-10-19-12/h8-10H,11H2,1-7H3/t15-/m0/s1. The minimum Gasteiger partial charge on any atom is -0.469 e. The molecule has 5 heteroatoms. The molecule has 114 valence electrons. The van der Waals surface area contributed by atoms with Crippen LogP contribution in [0.1, 0.15) is 39.0 Å². The monoisotopic (exact) mass is 314 g/mol. The average Bonchev–Trinajstić information content (AvgIpc) is 2.80. The molecule has 0 unspecified atom stereocenters. The number of hydrogen-bond acceptors (Lipinski definition) is 4. The Hall–Kier alpha value is -0.653. The fraction of sp³-hybridized carbons (Fsp3) is 0.667. The van der Waals surface area contributed by atoms with Gasteiger partial charge in [0.15, 0.2) is 8.32 Å². The highest BCUT2D eigenvalue weighted by Gasteiger charge is 2.45. The van der Waals surface area contributed by atoms with E-state index in [1.807, 2.05) is 24.4 Å². The number of methoxy groups -OCH3 is 1. The first-order chi connectivity index (χ1) is 9.02. The van der Waals surface area contributed by atoms with Crippen LogP contribution in [0.4, 0.5) is 0 Å². The molecule has 1 aromatic heterocycles. The summed E-state index contributed by atoms with van der Waals surface area (Å²) in [6.07, 6.45) is 0.247. The van der Waals surface area contributed by atoms with Gasteiger partial charge in [0.2, 0.25) is 0 Å². The van der Waals surface area contributed by atoms with Gasteiger partial charge in [-0.2, -0.15) is 0 Å². The van der Waals surface area contributed by atoms with Crippen LogP contribution in [-0.4, -0.2) is 21.4 Å². The van der Waals surface area contributed by atoms with E-state index in [4.69, 9.17) is 9.16 Å². The van der Waals surface area contributed by atoms with Gasteiger partial charge < -0.3 is 9.16 Å². The summed E-state index contributed by atoms with van der Waals surface area (Å²) in [5.74, 6) is -0.236. The maximum Gasteiger partial charge on any atom is 0.308 e. The van der Waals surface area contributed by atoms with E-state index in [-0.39, 0.29) is 17.4 Å². The fourth-order valence-corrected chi connectivity index (χ4v) is 4.33. The summed E-state index contributed by atoms with van der Waals surface area (Å²) in [5, 5.41) is 2.11. The van der Waals surface area contributed by atoms with Crippen molar-refractivity contribution in [1.29, 1.82) is 0 Å². The van der Waals surface area contributed by atoms with Crippen molar-refractivity contribution in [3.8, 4) is 0 Å². The Morgan fingerprint density at radius 2 is 1.90 bits per heavy atom. The normalized spacial score (nSPS) is 15.8. The summed E-state index contributed by atoms with van der Waals surface area (Å²) in [6.45, 7) is 13.0. The van der Waals surface area contributed by atoms with Gasteiger partial charge in [0.1, 0.15) is 0 Å². The fourth-order valence-electron chi connectivity index (χ4n) is 1.82. The van der Waals surface area contributed by atoms with Crippen molar-refractivity contribution in [2.75, 3.05) is 7.11 Å². The third-order valence-corrected chi connectivity index (χ3v) is 9.73. The molecule has 0 N–H and O–H groups in total. The summed E-state index contributed by atoms with van der Waals surface area (Å²) in [6, 6.07) is 4.02. The molecule has 1 heterocycles. The lowest BCUT2D eigenvalue weighted by Gasteiger charge is -2.43. The molecule has 0 aromatic carbocycles. The topological polar surface area (TPSA) is 35.5 Å². The average molecular weight is 315 g/mol. The molecule has 0 fully saturated rings. The highest BCUT2D eigenvalue weighted by atomic mass is 32.1. The van der Waals surface area contributed by atoms with Gasteiger partial charge in [-0.3, -0.25) is 4.79 Å². The molecule has 0 aliphatic rings. The molecule has 0 saturated carbocycles. The Labute approximate surface area is 127 Å². The SMILES string of the molecule is COC(=O)C[C@](C)(O[Si](C)(C)C(C)(C)C)c1cccs1. The number of rotatable bonds is 5. The summed E-state index contributed by atoms with van der Waals surface area (Å²) in [4.78, 5) is 12.9. The van der Waals surface area contributed by atoms with E-state index in [0.717, 1.165) is 4.88 Å². The lowest BCUT2D eigenvalue weighted by atomic mass is 10.0. The van der Waals surface area contributed by atoms with Crippen molar-refractivity contribution in [3.63, 3.8) is 0 Å². The molecule has 0 aliphatic heterocycles. The van der Waals surface area contributed by atoms with Gasteiger partial charge in [0.25, 0.3) is 0 Å². The minimum atomic E-state index is -1.98. The first-order valence-electron chi connectivity index (χ1n) is 6.83. The van der Waals surface area contributed by atoms with Gasteiger partial charge in [-0.1, -0.05) is 26.8 Å². The van der Waals surface area contributed by atoms with Crippen molar-refractivity contribution in [1.82, 2.24) is 0 Å². The van der Waals surface area contributed by atoms with Crippen LogP contribution in [0.5, 0.6) is 0 Å². The van der Waals surface area contributed by atoms with Crippen LogP contribution in [0.15, 0.2) is 17.5 Å². The first-order valence-corrected chi connectivity index (χ1v) is 10.6. The zero-order chi connectivity index (χ0) is 15.6. The maximum absolute atomic E-state index is 11.8. The molecule has 1 aromatic rings. The van der Waals surface area contributed by atoms with E-state index in [9.17, 15) is 4.79 Å². The molecule has 1 rings (SSSR count). The summed E-state index contributed by atoms with van der Waals surface area (Å²) >= 11 is 1.62. The zero-order valence-electron chi connectivity index (χ0n) is 13.6. The maximum atomic E-state index is 11.8. The minimum absolute atomic E-state index is 0.0988. The molecule has 3 nitrogen and oxygen atoms in total. The molecule has 0 radical (unpaired) electrons. The van der Waals surface area contributed by atoms with Gasteiger partial charge in [0.05, 0.1) is 19.1 Å². The Bertz CT molecular complexity index is 448. The first kappa shape index (κ1) is 17.4. The summed E-state index contributed by atoms with van der Waals surface area (Å²) in [5.41, 5.74) is -0.607. The number of thiophene rings is 1. The second kappa shape index (κ2) is 5.99. The number of carbonyl (C=O) groups is 1. The zero-order valence-corrected chi connectivity index (χ0v) is 15.4. The highest BCUT2D eigenvalue weighted by Crippen LogP contribution is 2.44. The van der Waals surface area contributed by atoms with Crippen LogP contribution in [0.25, 0.3) is 0 Å². The highest BCUT2D eigenvalue weighted by molar-refractivity contribution is 7.10. The molecule has 0 bridgehead atoms. The summed E-state index contributed by atoms with van der Waals surface area (Å²) in [7, 11) is -0.557. The van der Waals surface area contributed by atoms with Crippen molar-refractivity contribution < 1.29 is 14.0 Å². The number of esters is 1. The lowest BCUT2D eigenvalue weighted by molar-refractivity contribution is -0.145. The van der Waals surface area contributed by atoms with Gasteiger partial charge in [-0.05, 0) is 36.5 Å². The molecular formula is C15H26O3SSi. The Kier molecular flexibility index (Phi) is 5.22. The molecule has 1 atom stereocenters. The predicted octanol–water partition coefficient (Wildman–Crippen LogP) is 4.55. The van der Waals surface area contributed by atoms with Crippen LogP contribution in [0.3, 0.4) is 0 Å². The largest absolute Gasteiger partial charge is 0.469 e. The number of carbonyl (C=O) groups excluding carboxylic acids is 1. The van der Waals surface area contributed by atoms with Crippen LogP contribution in [-0.2, 0) is 19.6 Å². The molecule has 0 saturated heterocycles. The van der Waals surface area contributed by atoms with Crippen molar-refractivity contribution in [2.45, 2.75) is 57.8 Å². The predicted molar refractivity (Wildman–Crippen MR) is 86.6 cm³/mol. The third-order valence-electron chi connectivity index (χ3n) is 4.04. The third kappa shape index (κ3) is 3.93. The van der Waals surface area contributed by atoms with Crippen molar-refractivity contribution >= 4 is 25.6 Å². The van der Waals surface area contributed by atoms with E-state index in [2.05, 4.69) is 33.9 Å². The molecule has 0 spiro atoms. The quantitative estimate of drug-likeness (QED) is 0.591. The molecular weight excluding hydrogens is 288 g/mol. The van der Waals surface area contributed by atoms with Crippen LogP contribution in [0.2, 0.25) is 18.1 Å². The second-order valence-corrected chi connectivity index (χ2v) is 12.5. The smallest absolute Gasteiger partial charge is 0.308 e. The van der Waals surface area contributed by atoms with E-state index < -0.39 is 13.9 Å². The van der Waals surface area contributed by atoms with Gasteiger partial charge in [-0.25, -0.2) is 0 Å². The molecule has 0 amide bonds. The van der Waals surface area contributed by atoms with Gasteiger partial charge in [-0.15, -0.1) is 11.3 Å². The van der Waals surface area contributed by atoms with Crippen LogP contribution in [0, 0.1) is 0 Å². The summed E-state index contributed by atoms with van der Waals surface area (Å²) < 4.78 is 11.4. The molecule has 20 heavy (non-hydrogen) atoms. The van der Waals surface area contributed by atoms with Gasteiger partial charge in [0, 0.05) is 4.88 Å². The van der Waals surface area contributed by atoms with E-state index in [0.29, 0.717) is 0 Å². The second-order valence-electron chi connectivity index (χ2n) is 6.82. The van der Waals surface area contributed by atoms with Crippen LogP contribution >= 0.6 is 11.3 Å². The number of ether oxygens (including phenoxy) is 1. The van der Waals surface area contributed by atoms with Crippen LogP contribution < -0.4 is 0 Å². The lowest BCUT2D eigenvalue weighted by Crippen LogP contribution is -2.47. The van der Waals surface area contributed by atoms with E-state index in [1.165, 1.54) is 7.11 Å².